The van der Waals surface area contributed by atoms with Crippen molar-refractivity contribution in [2.24, 2.45) is 5.16 Å². The molecule has 1 aliphatic heterocycles. The third-order valence-electron chi connectivity index (χ3n) is 4.55. The summed E-state index contributed by atoms with van der Waals surface area (Å²) in [6.07, 6.45) is 3.95. The molecule has 1 heterocycles. The molecule has 5 heteroatoms. The number of nitrogens with zero attached hydrogens (tertiary/aromatic N) is 2. The Kier molecular flexibility index (Phi) is 6.90. The fraction of sp³-hybridized carbons (Fsp3) is 0.381. The van der Waals surface area contributed by atoms with Gasteiger partial charge in [0.25, 0.3) is 0 Å². The summed E-state index contributed by atoms with van der Waals surface area (Å²) in [5, 5.41) is 12.5. The van der Waals surface area contributed by atoms with Gasteiger partial charge in [-0.1, -0.05) is 41.9 Å². The van der Waals surface area contributed by atoms with Crippen molar-refractivity contribution in [3.8, 4) is 11.5 Å². The van der Waals surface area contributed by atoms with E-state index in [-0.39, 0.29) is 6.61 Å². The molecule has 0 radical (unpaired) electrons. The topological polar surface area (TPSA) is 54.3 Å². The van der Waals surface area contributed by atoms with Crippen LogP contribution in [0.5, 0.6) is 11.5 Å². The Hall–Kier alpha value is -2.53. The summed E-state index contributed by atoms with van der Waals surface area (Å²) in [5.41, 5.74) is 1.33. The molecule has 1 saturated heterocycles. The van der Waals surface area contributed by atoms with E-state index in [4.69, 9.17) is 9.47 Å². The van der Waals surface area contributed by atoms with E-state index < -0.39 is 0 Å². The maximum atomic E-state index is 9.19. The van der Waals surface area contributed by atoms with E-state index in [0.29, 0.717) is 18.1 Å². The summed E-state index contributed by atoms with van der Waals surface area (Å²) in [6, 6.07) is 17.0. The Labute approximate surface area is 154 Å². The lowest BCUT2D eigenvalue weighted by Gasteiger charge is -2.26. The average molecular weight is 354 g/mol. The van der Waals surface area contributed by atoms with Gasteiger partial charge in [-0.05, 0) is 50.2 Å². The predicted octanol–water partition coefficient (Wildman–Crippen LogP) is 3.81. The lowest BCUT2D eigenvalue weighted by Crippen LogP contribution is -2.33. The normalized spacial score (nSPS) is 15.6. The zero-order valence-corrected chi connectivity index (χ0v) is 15.0. The molecule has 0 saturated carbocycles. The first-order chi connectivity index (χ1) is 12.8. The fourth-order valence-electron chi connectivity index (χ4n) is 3.06. The van der Waals surface area contributed by atoms with E-state index >= 15 is 0 Å². The molecular formula is C21H26N2O3. The monoisotopic (exact) mass is 354 g/mol. The summed E-state index contributed by atoms with van der Waals surface area (Å²) in [6.45, 7) is 4.26. The zero-order valence-electron chi connectivity index (χ0n) is 15.0. The van der Waals surface area contributed by atoms with Crippen LogP contribution in [0.1, 0.15) is 24.8 Å². The number of benzene rings is 2. The molecule has 0 aromatic heterocycles. The van der Waals surface area contributed by atoms with Crippen LogP contribution in [0.25, 0.3) is 0 Å². The molecule has 0 aliphatic carbocycles. The van der Waals surface area contributed by atoms with Gasteiger partial charge in [0.2, 0.25) is 0 Å². The maximum Gasteiger partial charge on any atom is 0.134 e. The van der Waals surface area contributed by atoms with Crippen LogP contribution in [0.2, 0.25) is 0 Å². The Morgan fingerprint density at radius 3 is 2.19 bits per heavy atom. The molecular weight excluding hydrogens is 328 g/mol. The minimum atomic E-state index is 0.204. The molecule has 138 valence electrons. The molecule has 2 aromatic rings. The van der Waals surface area contributed by atoms with Crippen LogP contribution in [-0.4, -0.2) is 48.7 Å². The first kappa shape index (κ1) is 18.3. The SMILES string of the molecule is O/N=C(/COc1ccc(OCCN2CCCCC2)cc1)c1ccccc1. The molecule has 3 rings (SSSR count). The Morgan fingerprint density at radius 1 is 0.885 bits per heavy atom. The van der Waals surface area contributed by atoms with Crippen molar-refractivity contribution in [2.75, 3.05) is 32.8 Å². The lowest BCUT2D eigenvalue weighted by atomic mass is 10.1. The number of ether oxygens (including phenoxy) is 2. The minimum absolute atomic E-state index is 0.204. The van der Waals surface area contributed by atoms with Crippen LogP contribution in [0.4, 0.5) is 0 Å². The molecule has 0 unspecified atom stereocenters. The van der Waals surface area contributed by atoms with Gasteiger partial charge in [-0.15, -0.1) is 0 Å². The first-order valence-corrected chi connectivity index (χ1v) is 9.19. The number of piperidine rings is 1. The summed E-state index contributed by atoms with van der Waals surface area (Å²) < 4.78 is 11.5. The van der Waals surface area contributed by atoms with Crippen LogP contribution in [-0.2, 0) is 0 Å². The summed E-state index contributed by atoms with van der Waals surface area (Å²) in [4.78, 5) is 2.46. The number of oxime groups is 1. The van der Waals surface area contributed by atoms with E-state index in [1.807, 2.05) is 54.6 Å². The van der Waals surface area contributed by atoms with Crippen LogP contribution < -0.4 is 9.47 Å². The Balaban J connectivity index is 1.43. The van der Waals surface area contributed by atoms with E-state index in [1.54, 1.807) is 0 Å². The van der Waals surface area contributed by atoms with Crippen LogP contribution in [0, 0.1) is 0 Å². The van der Waals surface area contributed by atoms with Crippen molar-refractivity contribution in [1.82, 2.24) is 4.90 Å². The lowest BCUT2D eigenvalue weighted by molar-refractivity contribution is 0.183. The Morgan fingerprint density at radius 2 is 1.54 bits per heavy atom. The van der Waals surface area contributed by atoms with Crippen LogP contribution in [0.3, 0.4) is 0 Å². The van der Waals surface area contributed by atoms with E-state index in [0.717, 1.165) is 17.9 Å². The van der Waals surface area contributed by atoms with Gasteiger partial charge in [0.15, 0.2) is 0 Å². The number of rotatable bonds is 8. The maximum absolute atomic E-state index is 9.19. The molecule has 1 N–H and O–H groups in total. The van der Waals surface area contributed by atoms with Gasteiger partial charge in [-0.25, -0.2) is 0 Å². The second-order valence-corrected chi connectivity index (χ2v) is 6.42. The second-order valence-electron chi connectivity index (χ2n) is 6.42. The van der Waals surface area contributed by atoms with E-state index in [2.05, 4.69) is 10.1 Å². The van der Waals surface area contributed by atoms with Crippen LogP contribution in [0.15, 0.2) is 59.8 Å². The molecule has 0 atom stereocenters. The molecule has 1 fully saturated rings. The van der Waals surface area contributed by atoms with Gasteiger partial charge >= 0.3 is 0 Å². The molecule has 0 spiro atoms. The van der Waals surface area contributed by atoms with Gasteiger partial charge in [0.05, 0.1) is 0 Å². The summed E-state index contributed by atoms with van der Waals surface area (Å²) >= 11 is 0. The third kappa shape index (κ3) is 5.49. The van der Waals surface area contributed by atoms with Crippen LogP contribution >= 0.6 is 0 Å². The highest BCUT2D eigenvalue weighted by Gasteiger charge is 2.09. The first-order valence-electron chi connectivity index (χ1n) is 9.19. The number of hydrogen-bond acceptors (Lipinski definition) is 5. The average Bonchev–Trinajstić information content (AvgIpc) is 2.71. The van der Waals surface area contributed by atoms with Crippen molar-refractivity contribution < 1.29 is 14.7 Å². The Bertz CT molecular complexity index is 680. The van der Waals surface area contributed by atoms with Crippen molar-refractivity contribution in [2.45, 2.75) is 19.3 Å². The fourth-order valence-corrected chi connectivity index (χ4v) is 3.06. The van der Waals surface area contributed by atoms with E-state index in [1.165, 1.54) is 32.4 Å². The summed E-state index contributed by atoms with van der Waals surface area (Å²) in [5.74, 6) is 1.55. The molecule has 1 aliphatic rings. The minimum Gasteiger partial charge on any atom is -0.492 e. The van der Waals surface area contributed by atoms with Gasteiger partial charge in [0, 0.05) is 12.1 Å². The standard InChI is InChI=1S/C21H26N2O3/c24-22-21(18-7-3-1-4-8-18)17-26-20-11-9-19(10-12-20)25-16-15-23-13-5-2-6-14-23/h1,3-4,7-12,24H,2,5-6,13-17H2/b22-21-. The zero-order chi connectivity index (χ0) is 18.0. The van der Waals surface area contributed by atoms with Crippen molar-refractivity contribution >= 4 is 5.71 Å². The molecule has 2 aromatic carbocycles. The van der Waals surface area contributed by atoms with E-state index in [9.17, 15) is 5.21 Å². The third-order valence-corrected chi connectivity index (χ3v) is 4.55. The highest BCUT2D eigenvalue weighted by molar-refractivity contribution is 6.01. The predicted molar refractivity (Wildman–Crippen MR) is 102 cm³/mol. The molecule has 0 amide bonds. The van der Waals surface area contributed by atoms with Gasteiger partial charge in [-0.2, -0.15) is 0 Å². The smallest absolute Gasteiger partial charge is 0.134 e. The second kappa shape index (κ2) is 9.82. The van der Waals surface area contributed by atoms with Gasteiger partial charge in [-0.3, -0.25) is 4.90 Å². The number of likely N-dealkylation sites (tertiary alicyclic amines) is 1. The molecule has 0 bridgehead atoms. The van der Waals surface area contributed by atoms with Gasteiger partial charge < -0.3 is 14.7 Å². The van der Waals surface area contributed by atoms with Crippen molar-refractivity contribution in [1.29, 1.82) is 0 Å². The summed E-state index contributed by atoms with van der Waals surface area (Å²) in [7, 11) is 0. The van der Waals surface area contributed by atoms with Gasteiger partial charge in [0.1, 0.15) is 30.4 Å². The van der Waals surface area contributed by atoms with Crippen molar-refractivity contribution in [3.05, 3.63) is 60.2 Å². The quantitative estimate of drug-likeness (QED) is 0.445. The highest BCUT2D eigenvalue weighted by atomic mass is 16.5. The molecule has 5 nitrogen and oxygen atoms in total. The molecule has 26 heavy (non-hydrogen) atoms. The largest absolute Gasteiger partial charge is 0.492 e. The highest BCUT2D eigenvalue weighted by Crippen LogP contribution is 2.18. The van der Waals surface area contributed by atoms with Crippen molar-refractivity contribution in [3.63, 3.8) is 0 Å². The number of hydrogen-bond donors (Lipinski definition) is 1.